The van der Waals surface area contributed by atoms with Crippen LogP contribution in [-0.2, 0) is 11.3 Å². The molecule has 2 rings (SSSR count). The van der Waals surface area contributed by atoms with E-state index in [4.69, 9.17) is 5.11 Å². The molecule has 1 heterocycles. The number of amides is 1. The van der Waals surface area contributed by atoms with E-state index in [1.165, 1.54) is 4.57 Å². The lowest BCUT2D eigenvalue weighted by Crippen LogP contribution is -2.46. The number of aryl methyl sites for hydroxylation is 1. The minimum atomic E-state index is -0.0819. The van der Waals surface area contributed by atoms with E-state index in [1.807, 2.05) is 11.8 Å². The summed E-state index contributed by atoms with van der Waals surface area (Å²) in [7, 11) is 0. The molecule has 0 radical (unpaired) electrons. The standard InChI is InChI=1S/C13H20N2O3S/c1-10-9-19-13(18)15(10)8-12(17)14(6-3-7-16)11-4-2-5-11/h9,11,16H,2-8H2,1H3. The molecule has 0 aliphatic heterocycles. The first kappa shape index (κ1) is 14.3. The number of nitrogens with zero attached hydrogens (tertiary/aromatic N) is 2. The van der Waals surface area contributed by atoms with E-state index >= 15 is 0 Å². The zero-order valence-corrected chi connectivity index (χ0v) is 12.0. The Bertz CT molecular complexity index is 490. The maximum absolute atomic E-state index is 12.3. The number of hydrogen-bond donors (Lipinski definition) is 1. The molecule has 0 unspecified atom stereocenters. The molecular weight excluding hydrogens is 264 g/mol. The van der Waals surface area contributed by atoms with Crippen molar-refractivity contribution in [3.05, 3.63) is 20.7 Å². The minimum absolute atomic E-state index is 0.0123. The van der Waals surface area contributed by atoms with E-state index in [9.17, 15) is 9.59 Å². The zero-order valence-electron chi connectivity index (χ0n) is 11.2. The van der Waals surface area contributed by atoms with Gasteiger partial charge >= 0.3 is 4.87 Å². The van der Waals surface area contributed by atoms with Crippen molar-refractivity contribution in [3.63, 3.8) is 0 Å². The Morgan fingerprint density at radius 3 is 2.79 bits per heavy atom. The fraction of sp³-hybridized carbons (Fsp3) is 0.692. The Morgan fingerprint density at radius 1 is 1.58 bits per heavy atom. The van der Waals surface area contributed by atoms with Crippen molar-refractivity contribution in [2.45, 2.75) is 45.2 Å². The average Bonchev–Trinajstić information content (AvgIpc) is 2.63. The third kappa shape index (κ3) is 3.25. The van der Waals surface area contributed by atoms with Crippen LogP contribution in [0.15, 0.2) is 10.2 Å². The fourth-order valence-electron chi connectivity index (χ4n) is 2.27. The number of aromatic nitrogens is 1. The summed E-state index contributed by atoms with van der Waals surface area (Å²) in [5, 5.41) is 10.7. The fourth-order valence-corrected chi connectivity index (χ4v) is 3.01. The minimum Gasteiger partial charge on any atom is -0.396 e. The highest BCUT2D eigenvalue weighted by atomic mass is 32.1. The van der Waals surface area contributed by atoms with Gasteiger partial charge in [0.05, 0.1) is 0 Å². The van der Waals surface area contributed by atoms with Crippen molar-refractivity contribution < 1.29 is 9.90 Å². The van der Waals surface area contributed by atoms with Gasteiger partial charge in [-0.15, -0.1) is 0 Å². The summed E-state index contributed by atoms with van der Waals surface area (Å²) in [6.07, 6.45) is 3.83. The van der Waals surface area contributed by atoms with Gasteiger partial charge in [0.25, 0.3) is 0 Å². The van der Waals surface area contributed by atoms with Crippen molar-refractivity contribution in [2.75, 3.05) is 13.2 Å². The summed E-state index contributed by atoms with van der Waals surface area (Å²) in [4.78, 5) is 25.7. The molecule has 0 aromatic carbocycles. The van der Waals surface area contributed by atoms with Crippen molar-refractivity contribution >= 4 is 17.2 Å². The molecule has 1 aromatic rings. The van der Waals surface area contributed by atoms with Crippen LogP contribution in [-0.4, -0.2) is 39.7 Å². The zero-order chi connectivity index (χ0) is 13.8. The maximum Gasteiger partial charge on any atom is 0.307 e. The van der Waals surface area contributed by atoms with Crippen LogP contribution >= 0.6 is 11.3 Å². The van der Waals surface area contributed by atoms with Crippen LogP contribution in [0.3, 0.4) is 0 Å². The van der Waals surface area contributed by atoms with Crippen LogP contribution in [0.1, 0.15) is 31.4 Å². The topological polar surface area (TPSA) is 62.5 Å². The van der Waals surface area contributed by atoms with Crippen LogP contribution in [0, 0.1) is 6.92 Å². The van der Waals surface area contributed by atoms with Crippen LogP contribution < -0.4 is 4.87 Å². The predicted octanol–water partition coefficient (Wildman–Crippen LogP) is 0.982. The molecule has 0 bridgehead atoms. The molecule has 1 saturated carbocycles. The third-order valence-electron chi connectivity index (χ3n) is 3.66. The number of thiazole rings is 1. The second-order valence-electron chi connectivity index (χ2n) is 4.98. The molecule has 1 N–H and O–H groups in total. The first-order chi connectivity index (χ1) is 9.13. The largest absolute Gasteiger partial charge is 0.396 e. The van der Waals surface area contributed by atoms with E-state index in [-0.39, 0.29) is 23.9 Å². The lowest BCUT2D eigenvalue weighted by molar-refractivity contribution is -0.136. The number of hydrogen-bond acceptors (Lipinski definition) is 4. The summed E-state index contributed by atoms with van der Waals surface area (Å²) >= 11 is 1.13. The van der Waals surface area contributed by atoms with Crippen LogP contribution in [0.5, 0.6) is 0 Å². The normalized spacial score (nSPS) is 15.3. The summed E-state index contributed by atoms with van der Waals surface area (Å²) in [5.74, 6) is -0.0123. The second kappa shape index (κ2) is 6.34. The van der Waals surface area contributed by atoms with Gasteiger partial charge in [0.15, 0.2) is 0 Å². The highest BCUT2D eigenvalue weighted by Gasteiger charge is 2.28. The van der Waals surface area contributed by atoms with Crippen molar-refractivity contribution in [1.82, 2.24) is 9.47 Å². The first-order valence-corrected chi connectivity index (χ1v) is 7.56. The molecule has 1 aliphatic rings. The smallest absolute Gasteiger partial charge is 0.307 e. The Kier molecular flexibility index (Phi) is 4.76. The van der Waals surface area contributed by atoms with Gasteiger partial charge in [-0.05, 0) is 32.6 Å². The molecule has 6 heteroatoms. The molecule has 1 aromatic heterocycles. The number of aliphatic hydroxyl groups is 1. The highest BCUT2D eigenvalue weighted by Crippen LogP contribution is 2.25. The molecule has 1 fully saturated rings. The van der Waals surface area contributed by atoms with Gasteiger partial charge in [0.2, 0.25) is 5.91 Å². The van der Waals surface area contributed by atoms with Crippen molar-refractivity contribution in [1.29, 1.82) is 0 Å². The summed E-state index contributed by atoms with van der Waals surface area (Å²) in [5.41, 5.74) is 0.832. The van der Waals surface area contributed by atoms with E-state index in [2.05, 4.69) is 0 Å². The molecule has 5 nitrogen and oxygen atoms in total. The van der Waals surface area contributed by atoms with Crippen molar-refractivity contribution in [2.24, 2.45) is 0 Å². The number of carbonyl (C=O) groups excluding carboxylic acids is 1. The summed E-state index contributed by atoms with van der Waals surface area (Å²) in [6, 6.07) is 0.300. The molecule has 0 spiro atoms. The molecular formula is C13H20N2O3S. The van der Waals surface area contributed by atoms with Crippen LogP contribution in [0.4, 0.5) is 0 Å². The van der Waals surface area contributed by atoms with E-state index in [0.717, 1.165) is 36.3 Å². The van der Waals surface area contributed by atoms with Crippen molar-refractivity contribution in [3.8, 4) is 0 Å². The Hall–Kier alpha value is -1.14. The van der Waals surface area contributed by atoms with E-state index in [0.29, 0.717) is 19.0 Å². The van der Waals surface area contributed by atoms with Gasteiger partial charge < -0.3 is 10.0 Å². The number of rotatable bonds is 6. The van der Waals surface area contributed by atoms with E-state index in [1.54, 1.807) is 5.38 Å². The molecule has 106 valence electrons. The maximum atomic E-state index is 12.3. The number of carbonyl (C=O) groups is 1. The Labute approximate surface area is 116 Å². The lowest BCUT2D eigenvalue weighted by Gasteiger charge is -2.37. The van der Waals surface area contributed by atoms with Crippen LogP contribution in [0.2, 0.25) is 0 Å². The Morgan fingerprint density at radius 2 is 2.32 bits per heavy atom. The van der Waals surface area contributed by atoms with Crippen LogP contribution in [0.25, 0.3) is 0 Å². The highest BCUT2D eigenvalue weighted by molar-refractivity contribution is 7.07. The average molecular weight is 284 g/mol. The SMILES string of the molecule is Cc1csc(=O)n1CC(=O)N(CCCO)C1CCC1. The third-order valence-corrected chi connectivity index (χ3v) is 4.54. The molecule has 19 heavy (non-hydrogen) atoms. The first-order valence-electron chi connectivity index (χ1n) is 6.68. The molecule has 0 atom stereocenters. The Balaban J connectivity index is 2.04. The van der Waals surface area contributed by atoms with Gasteiger partial charge in [-0.2, -0.15) is 0 Å². The molecule has 1 amide bonds. The van der Waals surface area contributed by atoms with Gasteiger partial charge in [0, 0.05) is 30.3 Å². The molecule has 0 saturated heterocycles. The monoisotopic (exact) mass is 284 g/mol. The van der Waals surface area contributed by atoms with Gasteiger partial charge in [-0.3, -0.25) is 14.2 Å². The second-order valence-corrected chi connectivity index (χ2v) is 5.80. The number of aliphatic hydroxyl groups excluding tert-OH is 1. The van der Waals surface area contributed by atoms with Gasteiger partial charge in [-0.1, -0.05) is 11.3 Å². The molecule has 1 aliphatic carbocycles. The lowest BCUT2D eigenvalue weighted by atomic mass is 9.91. The summed E-state index contributed by atoms with van der Waals surface area (Å²) in [6.45, 7) is 2.63. The predicted molar refractivity (Wildman–Crippen MR) is 74.4 cm³/mol. The van der Waals surface area contributed by atoms with E-state index < -0.39 is 0 Å². The summed E-state index contributed by atoms with van der Waals surface area (Å²) < 4.78 is 1.53. The van der Waals surface area contributed by atoms with Gasteiger partial charge in [-0.25, -0.2) is 0 Å². The van der Waals surface area contributed by atoms with Gasteiger partial charge in [0.1, 0.15) is 6.54 Å². The quantitative estimate of drug-likeness (QED) is 0.847.